The molecule has 0 amide bonds. The van der Waals surface area contributed by atoms with Gasteiger partial charge in [-0.1, -0.05) is 29.8 Å². The Hall–Kier alpha value is -0.990. The lowest BCUT2D eigenvalue weighted by Crippen LogP contribution is -2.33. The Bertz CT molecular complexity index is 627. The lowest BCUT2D eigenvalue weighted by molar-refractivity contribution is 0.0691. The molecule has 0 heterocycles. The second kappa shape index (κ2) is 7.33. The zero-order valence-electron chi connectivity index (χ0n) is 11.8. The average molecular weight is 382 g/mol. The molecule has 0 fully saturated rings. The minimum absolute atomic E-state index is 0.202. The fourth-order valence-electron chi connectivity index (χ4n) is 1.90. The highest BCUT2D eigenvalue weighted by Crippen LogP contribution is 2.27. The molecule has 0 atom stereocenters. The van der Waals surface area contributed by atoms with Gasteiger partial charge in [0.05, 0.1) is 5.56 Å². The lowest BCUT2D eigenvalue weighted by atomic mass is 10.2. The molecule has 0 bridgehead atoms. The van der Waals surface area contributed by atoms with Crippen molar-refractivity contribution in [2.75, 3.05) is 13.1 Å². The molecule has 0 saturated carbocycles. The maximum atomic E-state index is 14.2. The number of benzene rings is 1. The first kappa shape index (κ1) is 18.1. The van der Waals surface area contributed by atoms with Crippen LogP contribution in [0, 0.1) is 5.82 Å². The van der Waals surface area contributed by atoms with Gasteiger partial charge >= 0.3 is 5.97 Å². The summed E-state index contributed by atoms with van der Waals surface area (Å²) in [4.78, 5) is 10.4. The first-order valence-corrected chi connectivity index (χ1v) is 8.71. The van der Waals surface area contributed by atoms with Crippen LogP contribution >= 0.6 is 15.9 Å². The van der Waals surface area contributed by atoms with Crippen LogP contribution in [0.2, 0.25) is 0 Å². The molecule has 0 aliphatic heterocycles. The standard InChI is InChI=1S/C13H17BrFNO4S/c1-3-5-16(6-4-2)21(19,20)11-8-9(14)7-10(12(11)15)13(17)18/h7-8H,3-6H2,1-2H3,(H,17,18). The highest BCUT2D eigenvalue weighted by molar-refractivity contribution is 9.10. The Labute approximate surface area is 131 Å². The molecule has 0 aliphatic carbocycles. The minimum Gasteiger partial charge on any atom is -0.478 e. The number of hydrogen-bond acceptors (Lipinski definition) is 3. The van der Waals surface area contributed by atoms with Crippen LogP contribution < -0.4 is 0 Å². The van der Waals surface area contributed by atoms with Gasteiger partial charge in [0.15, 0.2) is 5.82 Å². The molecule has 5 nitrogen and oxygen atoms in total. The van der Waals surface area contributed by atoms with Crippen molar-refractivity contribution >= 4 is 31.9 Å². The van der Waals surface area contributed by atoms with Crippen LogP contribution in [0.25, 0.3) is 0 Å². The third kappa shape index (κ3) is 4.02. The van der Waals surface area contributed by atoms with Crippen molar-refractivity contribution in [3.05, 3.63) is 28.0 Å². The predicted molar refractivity (Wildman–Crippen MR) is 80.4 cm³/mol. The summed E-state index contributed by atoms with van der Waals surface area (Å²) in [7, 11) is -4.07. The largest absolute Gasteiger partial charge is 0.478 e. The fraction of sp³-hybridized carbons (Fsp3) is 0.462. The lowest BCUT2D eigenvalue weighted by Gasteiger charge is -2.21. The molecule has 1 rings (SSSR count). The second-order valence-corrected chi connectivity index (χ2v) is 7.30. The zero-order chi connectivity index (χ0) is 16.2. The number of aromatic carboxylic acids is 1. The van der Waals surface area contributed by atoms with E-state index in [0.717, 1.165) is 12.1 Å². The van der Waals surface area contributed by atoms with Crippen molar-refractivity contribution in [3.63, 3.8) is 0 Å². The number of carbonyl (C=O) groups is 1. The van der Waals surface area contributed by atoms with Crippen LogP contribution in [0.5, 0.6) is 0 Å². The van der Waals surface area contributed by atoms with E-state index < -0.39 is 32.3 Å². The molecular formula is C13H17BrFNO4S. The number of hydrogen-bond donors (Lipinski definition) is 1. The van der Waals surface area contributed by atoms with Crippen LogP contribution in [-0.2, 0) is 10.0 Å². The van der Waals surface area contributed by atoms with E-state index in [2.05, 4.69) is 15.9 Å². The predicted octanol–water partition coefficient (Wildman–Crippen LogP) is 3.10. The van der Waals surface area contributed by atoms with E-state index in [0.29, 0.717) is 12.8 Å². The highest BCUT2D eigenvalue weighted by atomic mass is 79.9. The molecule has 1 aromatic carbocycles. The smallest absolute Gasteiger partial charge is 0.338 e. The third-order valence-electron chi connectivity index (χ3n) is 2.80. The minimum atomic E-state index is -4.07. The molecule has 21 heavy (non-hydrogen) atoms. The van der Waals surface area contributed by atoms with E-state index in [-0.39, 0.29) is 17.6 Å². The molecule has 8 heteroatoms. The molecule has 1 aromatic rings. The number of nitrogens with zero attached hydrogens (tertiary/aromatic N) is 1. The molecule has 0 unspecified atom stereocenters. The van der Waals surface area contributed by atoms with Crippen molar-refractivity contribution < 1.29 is 22.7 Å². The van der Waals surface area contributed by atoms with E-state index in [1.54, 1.807) is 0 Å². The van der Waals surface area contributed by atoms with Gasteiger partial charge in [0, 0.05) is 17.6 Å². The summed E-state index contributed by atoms with van der Waals surface area (Å²) < 4.78 is 40.7. The zero-order valence-corrected chi connectivity index (χ0v) is 14.2. The van der Waals surface area contributed by atoms with Crippen LogP contribution in [0.1, 0.15) is 37.0 Å². The topological polar surface area (TPSA) is 74.7 Å². The number of halogens is 2. The van der Waals surface area contributed by atoms with Gasteiger partial charge in [-0.15, -0.1) is 0 Å². The molecular weight excluding hydrogens is 365 g/mol. The maximum absolute atomic E-state index is 14.2. The van der Waals surface area contributed by atoms with E-state index in [4.69, 9.17) is 5.11 Å². The summed E-state index contributed by atoms with van der Waals surface area (Å²) in [6.45, 7) is 4.14. The summed E-state index contributed by atoms with van der Waals surface area (Å²) in [5, 5.41) is 8.96. The van der Waals surface area contributed by atoms with Crippen molar-refractivity contribution in [2.45, 2.75) is 31.6 Å². The molecule has 0 aromatic heterocycles. The highest BCUT2D eigenvalue weighted by Gasteiger charge is 2.29. The number of sulfonamides is 1. The van der Waals surface area contributed by atoms with Gasteiger partial charge in [0.25, 0.3) is 0 Å². The average Bonchev–Trinajstić information content (AvgIpc) is 2.40. The molecule has 0 saturated heterocycles. The van der Waals surface area contributed by atoms with Crippen LogP contribution in [0.15, 0.2) is 21.5 Å². The van der Waals surface area contributed by atoms with E-state index in [1.165, 1.54) is 4.31 Å². The SMILES string of the molecule is CCCN(CCC)S(=O)(=O)c1cc(Br)cc(C(=O)O)c1F. The first-order valence-electron chi connectivity index (χ1n) is 6.48. The summed E-state index contributed by atoms with van der Waals surface area (Å²) >= 11 is 3.02. The fourth-order valence-corrected chi connectivity index (χ4v) is 4.24. The number of carboxylic acid groups (broad SMARTS) is 1. The Morgan fingerprint density at radius 2 is 1.81 bits per heavy atom. The van der Waals surface area contributed by atoms with Gasteiger partial charge in [-0.3, -0.25) is 0 Å². The van der Waals surface area contributed by atoms with Crippen LogP contribution in [-0.4, -0.2) is 36.9 Å². The molecule has 0 spiro atoms. The number of rotatable bonds is 7. The van der Waals surface area contributed by atoms with Crippen LogP contribution in [0.3, 0.4) is 0 Å². The summed E-state index contributed by atoms with van der Waals surface area (Å²) in [6.07, 6.45) is 1.17. The summed E-state index contributed by atoms with van der Waals surface area (Å²) in [5.74, 6) is -2.74. The van der Waals surface area contributed by atoms with Gasteiger partial charge in [0.1, 0.15) is 4.90 Å². The van der Waals surface area contributed by atoms with Gasteiger partial charge in [0.2, 0.25) is 10.0 Å². The van der Waals surface area contributed by atoms with Gasteiger partial charge in [-0.25, -0.2) is 17.6 Å². The van der Waals surface area contributed by atoms with Crippen molar-refractivity contribution in [3.8, 4) is 0 Å². The van der Waals surface area contributed by atoms with Crippen molar-refractivity contribution in [1.82, 2.24) is 4.31 Å². The molecule has 118 valence electrons. The first-order chi connectivity index (χ1) is 9.75. The summed E-state index contributed by atoms with van der Waals surface area (Å²) in [5.41, 5.74) is -0.670. The second-order valence-electron chi connectivity index (χ2n) is 4.47. The molecule has 0 aliphatic rings. The Morgan fingerprint density at radius 3 is 2.24 bits per heavy atom. The Kier molecular flexibility index (Phi) is 6.30. The maximum Gasteiger partial charge on any atom is 0.338 e. The van der Waals surface area contributed by atoms with E-state index >= 15 is 0 Å². The monoisotopic (exact) mass is 381 g/mol. The van der Waals surface area contributed by atoms with Gasteiger partial charge < -0.3 is 5.11 Å². The molecule has 1 N–H and O–H groups in total. The molecule has 0 radical (unpaired) electrons. The summed E-state index contributed by atoms with van der Waals surface area (Å²) in [6, 6.07) is 2.14. The van der Waals surface area contributed by atoms with E-state index in [1.807, 2.05) is 13.8 Å². The van der Waals surface area contributed by atoms with Crippen molar-refractivity contribution in [1.29, 1.82) is 0 Å². The van der Waals surface area contributed by atoms with Crippen LogP contribution in [0.4, 0.5) is 4.39 Å². The quantitative estimate of drug-likeness (QED) is 0.787. The third-order valence-corrected chi connectivity index (χ3v) is 5.15. The Morgan fingerprint density at radius 1 is 1.29 bits per heavy atom. The van der Waals surface area contributed by atoms with E-state index in [9.17, 15) is 17.6 Å². The van der Waals surface area contributed by atoms with Gasteiger partial charge in [-0.2, -0.15) is 4.31 Å². The Balaban J connectivity index is 3.46. The normalized spacial score (nSPS) is 11.9. The van der Waals surface area contributed by atoms with Crippen molar-refractivity contribution in [2.24, 2.45) is 0 Å². The number of carboxylic acids is 1. The van der Waals surface area contributed by atoms with Gasteiger partial charge in [-0.05, 0) is 25.0 Å².